The van der Waals surface area contributed by atoms with Crippen molar-refractivity contribution in [3.8, 4) is 5.75 Å². The molecule has 5 heteroatoms. The highest BCUT2D eigenvalue weighted by atomic mass is 19.1. The van der Waals surface area contributed by atoms with Crippen LogP contribution in [-0.2, 0) is 20.2 Å². The van der Waals surface area contributed by atoms with Crippen molar-refractivity contribution in [1.82, 2.24) is 15.1 Å². The van der Waals surface area contributed by atoms with E-state index in [1.165, 1.54) is 6.07 Å². The van der Waals surface area contributed by atoms with E-state index in [1.807, 2.05) is 42.1 Å². The summed E-state index contributed by atoms with van der Waals surface area (Å²) in [6.45, 7) is 3.09. The molecule has 0 aliphatic heterocycles. The molecule has 0 saturated heterocycles. The van der Waals surface area contributed by atoms with Crippen molar-refractivity contribution < 1.29 is 9.13 Å². The average molecular weight is 339 g/mol. The summed E-state index contributed by atoms with van der Waals surface area (Å²) in [6.07, 6.45) is 1.80. The normalized spacial score (nSPS) is 12.1. The van der Waals surface area contributed by atoms with Crippen molar-refractivity contribution in [2.45, 2.75) is 26.1 Å². The molecule has 0 radical (unpaired) electrons. The number of aromatic nitrogens is 2. The lowest BCUT2D eigenvalue weighted by atomic mass is 10.2. The van der Waals surface area contributed by atoms with Crippen molar-refractivity contribution in [3.63, 3.8) is 0 Å². The molecule has 1 atom stereocenters. The monoisotopic (exact) mass is 339 g/mol. The Hall–Kier alpha value is -2.66. The first-order valence-electron chi connectivity index (χ1n) is 8.30. The molecule has 2 aromatic carbocycles. The summed E-state index contributed by atoms with van der Waals surface area (Å²) < 4.78 is 21.1. The van der Waals surface area contributed by atoms with Gasteiger partial charge in [-0.1, -0.05) is 30.3 Å². The van der Waals surface area contributed by atoms with Gasteiger partial charge in [0.1, 0.15) is 18.2 Å². The molecular weight excluding hydrogens is 317 g/mol. The van der Waals surface area contributed by atoms with Crippen LogP contribution in [0.3, 0.4) is 0 Å². The molecule has 0 saturated carbocycles. The second kappa shape index (κ2) is 7.94. The van der Waals surface area contributed by atoms with Crippen LogP contribution >= 0.6 is 0 Å². The van der Waals surface area contributed by atoms with Gasteiger partial charge in [0.25, 0.3) is 0 Å². The maximum absolute atomic E-state index is 13.6. The van der Waals surface area contributed by atoms with E-state index >= 15 is 0 Å². The Morgan fingerprint density at radius 1 is 1.12 bits per heavy atom. The summed E-state index contributed by atoms with van der Waals surface area (Å²) in [4.78, 5) is 0. The number of nitrogens with zero attached hydrogens (tertiary/aromatic N) is 2. The Morgan fingerprint density at radius 2 is 1.88 bits per heavy atom. The highest BCUT2D eigenvalue weighted by Gasteiger charge is 2.08. The van der Waals surface area contributed by atoms with Gasteiger partial charge in [-0.15, -0.1) is 0 Å². The third-order valence-electron chi connectivity index (χ3n) is 4.19. The number of nitrogens with one attached hydrogen (secondary N) is 1. The molecular formula is C20H22FN3O. The van der Waals surface area contributed by atoms with E-state index in [1.54, 1.807) is 24.4 Å². The first-order valence-corrected chi connectivity index (χ1v) is 8.30. The maximum atomic E-state index is 13.6. The molecule has 1 N–H and O–H groups in total. The first-order chi connectivity index (χ1) is 12.1. The van der Waals surface area contributed by atoms with Gasteiger partial charge in [-0.25, -0.2) is 4.39 Å². The van der Waals surface area contributed by atoms with Crippen molar-refractivity contribution in [2.75, 3.05) is 0 Å². The van der Waals surface area contributed by atoms with Gasteiger partial charge in [-0.2, -0.15) is 5.10 Å². The van der Waals surface area contributed by atoms with Crippen LogP contribution in [0.2, 0.25) is 0 Å². The average Bonchev–Trinajstić information content (AvgIpc) is 3.06. The topological polar surface area (TPSA) is 39.1 Å². The number of halogens is 1. The van der Waals surface area contributed by atoms with Gasteiger partial charge in [-0.05, 0) is 36.8 Å². The van der Waals surface area contributed by atoms with E-state index in [4.69, 9.17) is 4.74 Å². The summed E-state index contributed by atoms with van der Waals surface area (Å²) in [7, 11) is 1.94. The number of rotatable bonds is 7. The van der Waals surface area contributed by atoms with Crippen LogP contribution in [0.1, 0.15) is 29.8 Å². The standard InChI is InChI=1S/C20H22FN3O/c1-15(20-11-12-23-24(20)2)22-13-16-7-9-18(10-8-16)25-14-17-5-3-4-6-19(17)21/h3-12,15,22H,13-14H2,1-2H3. The zero-order chi connectivity index (χ0) is 17.6. The van der Waals surface area contributed by atoms with Gasteiger partial charge >= 0.3 is 0 Å². The third-order valence-corrected chi connectivity index (χ3v) is 4.19. The SMILES string of the molecule is CC(NCc1ccc(OCc2ccccc2F)cc1)c1ccnn1C. The minimum atomic E-state index is -0.243. The fourth-order valence-corrected chi connectivity index (χ4v) is 2.66. The van der Waals surface area contributed by atoms with Crippen LogP contribution in [0.5, 0.6) is 5.75 Å². The fraction of sp³-hybridized carbons (Fsp3) is 0.250. The molecule has 0 aliphatic rings. The van der Waals surface area contributed by atoms with Crippen LogP contribution in [0.4, 0.5) is 4.39 Å². The van der Waals surface area contributed by atoms with E-state index in [0.29, 0.717) is 5.56 Å². The lowest BCUT2D eigenvalue weighted by molar-refractivity contribution is 0.299. The van der Waals surface area contributed by atoms with Crippen LogP contribution in [0.25, 0.3) is 0 Å². The molecule has 1 aromatic heterocycles. The summed E-state index contributed by atoms with van der Waals surface area (Å²) in [5.41, 5.74) is 2.86. The largest absolute Gasteiger partial charge is 0.489 e. The van der Waals surface area contributed by atoms with Crippen LogP contribution in [0.15, 0.2) is 60.8 Å². The van der Waals surface area contributed by atoms with Crippen LogP contribution in [0, 0.1) is 5.82 Å². The Kier molecular flexibility index (Phi) is 5.46. The molecule has 130 valence electrons. The zero-order valence-corrected chi connectivity index (χ0v) is 14.4. The molecule has 1 heterocycles. The molecule has 0 amide bonds. The molecule has 0 fully saturated rings. The molecule has 0 bridgehead atoms. The van der Waals surface area contributed by atoms with Crippen molar-refractivity contribution in [1.29, 1.82) is 0 Å². The van der Waals surface area contributed by atoms with Crippen molar-refractivity contribution >= 4 is 0 Å². The fourth-order valence-electron chi connectivity index (χ4n) is 2.66. The number of hydrogen-bond acceptors (Lipinski definition) is 3. The number of ether oxygens (including phenoxy) is 1. The van der Waals surface area contributed by atoms with Crippen molar-refractivity contribution in [2.24, 2.45) is 7.05 Å². The van der Waals surface area contributed by atoms with E-state index < -0.39 is 0 Å². The summed E-state index contributed by atoms with van der Waals surface area (Å²) in [6, 6.07) is 16.7. The minimum Gasteiger partial charge on any atom is -0.489 e. The lowest BCUT2D eigenvalue weighted by Gasteiger charge is -2.14. The number of aryl methyl sites for hydroxylation is 1. The van der Waals surface area contributed by atoms with Gasteiger partial charge in [0.2, 0.25) is 0 Å². The molecule has 0 aliphatic carbocycles. The van der Waals surface area contributed by atoms with Crippen LogP contribution in [-0.4, -0.2) is 9.78 Å². The molecule has 0 spiro atoms. The Labute approximate surface area is 147 Å². The Morgan fingerprint density at radius 3 is 2.56 bits per heavy atom. The van der Waals surface area contributed by atoms with Gasteiger partial charge in [0.15, 0.2) is 0 Å². The maximum Gasteiger partial charge on any atom is 0.129 e. The number of hydrogen-bond donors (Lipinski definition) is 1. The molecule has 3 rings (SSSR count). The second-order valence-corrected chi connectivity index (χ2v) is 6.01. The molecule has 3 aromatic rings. The predicted octanol–water partition coefficient (Wildman–Crippen LogP) is 3.99. The Balaban J connectivity index is 1.52. The van der Waals surface area contributed by atoms with Gasteiger partial charge in [0, 0.05) is 31.4 Å². The predicted molar refractivity (Wildman–Crippen MR) is 95.6 cm³/mol. The second-order valence-electron chi connectivity index (χ2n) is 6.01. The first kappa shape index (κ1) is 17.2. The van der Waals surface area contributed by atoms with Crippen LogP contribution < -0.4 is 10.1 Å². The quantitative estimate of drug-likeness (QED) is 0.707. The van der Waals surface area contributed by atoms with E-state index in [9.17, 15) is 4.39 Å². The molecule has 4 nitrogen and oxygen atoms in total. The van der Waals surface area contributed by atoms with Crippen molar-refractivity contribution in [3.05, 3.63) is 83.4 Å². The molecule has 1 unspecified atom stereocenters. The summed E-state index contributed by atoms with van der Waals surface area (Å²) in [5.74, 6) is 0.485. The van der Waals surface area contributed by atoms with E-state index in [-0.39, 0.29) is 18.5 Å². The highest BCUT2D eigenvalue weighted by Crippen LogP contribution is 2.17. The Bertz CT molecular complexity index is 814. The van der Waals surface area contributed by atoms with Gasteiger partial charge in [0.05, 0.1) is 5.69 Å². The van der Waals surface area contributed by atoms with E-state index in [0.717, 1.165) is 23.6 Å². The zero-order valence-electron chi connectivity index (χ0n) is 14.4. The number of benzene rings is 2. The highest BCUT2D eigenvalue weighted by molar-refractivity contribution is 5.28. The smallest absolute Gasteiger partial charge is 0.129 e. The van der Waals surface area contributed by atoms with Gasteiger partial charge < -0.3 is 10.1 Å². The van der Waals surface area contributed by atoms with E-state index in [2.05, 4.69) is 17.3 Å². The summed E-state index contributed by atoms with van der Waals surface area (Å²) in [5, 5.41) is 7.67. The minimum absolute atomic E-state index is 0.212. The molecule has 25 heavy (non-hydrogen) atoms. The third kappa shape index (κ3) is 4.45. The summed E-state index contributed by atoms with van der Waals surface area (Å²) >= 11 is 0. The lowest BCUT2D eigenvalue weighted by Crippen LogP contribution is -2.20. The van der Waals surface area contributed by atoms with Gasteiger partial charge in [-0.3, -0.25) is 4.68 Å².